The molecule has 1 aromatic carbocycles. The average Bonchev–Trinajstić information content (AvgIpc) is 2.92. The zero-order chi connectivity index (χ0) is 11.9. The summed E-state index contributed by atoms with van der Waals surface area (Å²) in [6.07, 6.45) is 7.67. The Morgan fingerprint density at radius 3 is 2.83 bits per heavy atom. The minimum atomic E-state index is 0.595. The molecule has 1 aliphatic carbocycles. The summed E-state index contributed by atoms with van der Waals surface area (Å²) < 4.78 is 0. The van der Waals surface area contributed by atoms with Gasteiger partial charge < -0.3 is 4.98 Å². The van der Waals surface area contributed by atoms with Crippen molar-refractivity contribution in [3.05, 3.63) is 36.0 Å². The second kappa shape index (κ2) is 4.13. The van der Waals surface area contributed by atoms with Crippen LogP contribution < -0.4 is 5.32 Å². The summed E-state index contributed by atoms with van der Waals surface area (Å²) in [5, 5.41) is 6.29. The molecule has 2 aromatic rings. The van der Waals surface area contributed by atoms with Gasteiger partial charge in [0.1, 0.15) is 0 Å². The third kappa shape index (κ3) is 1.52. The van der Waals surface area contributed by atoms with Crippen LogP contribution in [0.1, 0.15) is 37.2 Å². The molecule has 1 saturated heterocycles. The number of fused-ring (bicyclic) bond motifs is 1. The Bertz CT molecular complexity index is 553. The number of aromatic amines is 1. The van der Waals surface area contributed by atoms with Crippen molar-refractivity contribution in [2.45, 2.75) is 37.6 Å². The molecule has 1 N–H and O–H groups in total. The Kier molecular flexibility index (Phi) is 2.44. The van der Waals surface area contributed by atoms with Crippen molar-refractivity contribution in [1.29, 1.82) is 0 Å². The lowest BCUT2D eigenvalue weighted by Gasteiger charge is -2.34. The summed E-state index contributed by atoms with van der Waals surface area (Å²) in [6.45, 7) is 1.06. The molecule has 18 heavy (non-hydrogen) atoms. The van der Waals surface area contributed by atoms with Crippen molar-refractivity contribution < 1.29 is 0 Å². The van der Waals surface area contributed by atoms with E-state index in [2.05, 4.69) is 35.4 Å². The molecule has 4 rings (SSSR count). The van der Waals surface area contributed by atoms with Crippen molar-refractivity contribution in [1.82, 2.24) is 10.3 Å². The van der Waals surface area contributed by atoms with Crippen LogP contribution in [0.4, 0.5) is 0 Å². The van der Waals surface area contributed by atoms with Crippen molar-refractivity contribution >= 4 is 10.9 Å². The lowest BCUT2D eigenvalue weighted by molar-refractivity contribution is 0.230. The Hall–Kier alpha value is -1.28. The second-order valence-corrected chi connectivity index (χ2v) is 5.77. The molecule has 2 unspecified atom stereocenters. The first-order valence-corrected chi connectivity index (χ1v) is 7.16. The van der Waals surface area contributed by atoms with Crippen LogP contribution in [-0.2, 0) is 0 Å². The SMILES string of the molecule is c1ccc2c(C3CC[N]C3C3CCC3)c[nH]c2c1. The molecule has 2 aliphatic rings. The largest absolute Gasteiger partial charge is 0.361 e. The summed E-state index contributed by atoms with van der Waals surface area (Å²) in [4.78, 5) is 3.42. The highest BCUT2D eigenvalue weighted by molar-refractivity contribution is 5.83. The predicted octanol–water partition coefficient (Wildman–Crippen LogP) is 3.43. The van der Waals surface area contributed by atoms with E-state index >= 15 is 0 Å². The van der Waals surface area contributed by atoms with Gasteiger partial charge in [0.25, 0.3) is 0 Å². The molecule has 0 spiro atoms. The molecule has 0 bridgehead atoms. The van der Waals surface area contributed by atoms with Gasteiger partial charge in [0.2, 0.25) is 0 Å². The van der Waals surface area contributed by atoms with E-state index in [0.717, 1.165) is 12.5 Å². The Balaban J connectivity index is 1.72. The van der Waals surface area contributed by atoms with Gasteiger partial charge in [-0.1, -0.05) is 24.6 Å². The maximum atomic E-state index is 4.89. The summed E-state index contributed by atoms with van der Waals surface area (Å²) >= 11 is 0. The number of rotatable bonds is 2. The van der Waals surface area contributed by atoms with Gasteiger partial charge in [0.15, 0.2) is 0 Å². The predicted molar refractivity (Wildman–Crippen MR) is 73.8 cm³/mol. The molecule has 1 radical (unpaired) electrons. The third-order valence-corrected chi connectivity index (χ3v) is 4.85. The molecule has 2 heteroatoms. The molecule has 2 fully saturated rings. The lowest BCUT2D eigenvalue weighted by atomic mass is 9.74. The number of hydrogen-bond donors (Lipinski definition) is 1. The van der Waals surface area contributed by atoms with Crippen molar-refractivity contribution in [2.24, 2.45) is 5.92 Å². The van der Waals surface area contributed by atoms with Gasteiger partial charge in [-0.05, 0) is 36.8 Å². The van der Waals surface area contributed by atoms with Gasteiger partial charge >= 0.3 is 0 Å². The fourth-order valence-corrected chi connectivity index (χ4v) is 3.66. The quantitative estimate of drug-likeness (QED) is 0.832. The van der Waals surface area contributed by atoms with E-state index in [1.807, 2.05) is 0 Å². The Labute approximate surface area is 108 Å². The average molecular weight is 239 g/mol. The smallest absolute Gasteiger partial charge is 0.0456 e. The van der Waals surface area contributed by atoms with Crippen LogP contribution in [0.3, 0.4) is 0 Å². The number of H-pyrrole nitrogens is 1. The maximum absolute atomic E-state index is 4.89. The van der Waals surface area contributed by atoms with E-state index in [1.165, 1.54) is 42.1 Å². The van der Waals surface area contributed by atoms with Gasteiger partial charge in [-0.25, -0.2) is 5.32 Å². The molecular formula is C16H19N2. The summed E-state index contributed by atoms with van der Waals surface area (Å²) in [7, 11) is 0. The molecule has 1 aromatic heterocycles. The van der Waals surface area contributed by atoms with Crippen LogP contribution in [-0.4, -0.2) is 17.6 Å². The van der Waals surface area contributed by atoms with Crippen LogP contribution in [0, 0.1) is 5.92 Å². The first-order chi connectivity index (χ1) is 8.93. The number of benzene rings is 1. The van der Waals surface area contributed by atoms with E-state index < -0.39 is 0 Å². The highest BCUT2D eigenvalue weighted by Crippen LogP contribution is 2.42. The maximum Gasteiger partial charge on any atom is 0.0456 e. The Morgan fingerprint density at radius 2 is 2.00 bits per heavy atom. The van der Waals surface area contributed by atoms with E-state index in [0.29, 0.717) is 12.0 Å². The van der Waals surface area contributed by atoms with Crippen LogP contribution >= 0.6 is 0 Å². The molecule has 93 valence electrons. The molecule has 2 atom stereocenters. The topological polar surface area (TPSA) is 29.9 Å². The number of nitrogens with one attached hydrogen (secondary N) is 1. The van der Waals surface area contributed by atoms with E-state index in [-0.39, 0.29) is 0 Å². The van der Waals surface area contributed by atoms with Crippen LogP contribution in [0.2, 0.25) is 0 Å². The molecule has 1 aliphatic heterocycles. The van der Waals surface area contributed by atoms with Gasteiger partial charge in [-0.15, -0.1) is 0 Å². The summed E-state index contributed by atoms with van der Waals surface area (Å²) in [5.74, 6) is 1.53. The normalized spacial score (nSPS) is 28.7. The monoisotopic (exact) mass is 239 g/mol. The molecule has 0 amide bonds. The highest BCUT2D eigenvalue weighted by Gasteiger charge is 2.38. The molecule has 1 saturated carbocycles. The lowest BCUT2D eigenvalue weighted by Crippen LogP contribution is -2.34. The number of aromatic nitrogens is 1. The van der Waals surface area contributed by atoms with Crippen molar-refractivity contribution in [3.63, 3.8) is 0 Å². The van der Waals surface area contributed by atoms with Crippen molar-refractivity contribution in [3.8, 4) is 0 Å². The van der Waals surface area contributed by atoms with E-state index in [4.69, 9.17) is 5.32 Å². The fraction of sp³-hybridized carbons (Fsp3) is 0.500. The van der Waals surface area contributed by atoms with E-state index in [1.54, 1.807) is 0 Å². The van der Waals surface area contributed by atoms with Gasteiger partial charge in [0, 0.05) is 35.6 Å². The highest BCUT2D eigenvalue weighted by atomic mass is 15.0. The minimum absolute atomic E-state index is 0.595. The van der Waals surface area contributed by atoms with Crippen LogP contribution in [0.5, 0.6) is 0 Å². The second-order valence-electron chi connectivity index (χ2n) is 5.77. The van der Waals surface area contributed by atoms with Gasteiger partial charge in [-0.2, -0.15) is 0 Å². The Morgan fingerprint density at radius 1 is 1.11 bits per heavy atom. The standard InChI is InChI=1S/C16H19N2/c1-2-7-15-12(6-1)14(10-18-15)13-8-9-17-16(13)11-4-3-5-11/h1-2,6-7,10-11,13,16,18H,3-5,8-9H2. The summed E-state index contributed by atoms with van der Waals surface area (Å²) in [6, 6.07) is 9.26. The van der Waals surface area contributed by atoms with Gasteiger partial charge in [0.05, 0.1) is 0 Å². The summed E-state index contributed by atoms with van der Waals surface area (Å²) in [5.41, 5.74) is 2.77. The number of hydrogen-bond acceptors (Lipinski definition) is 0. The third-order valence-electron chi connectivity index (χ3n) is 4.85. The molecule has 2 heterocycles. The van der Waals surface area contributed by atoms with Crippen LogP contribution in [0.25, 0.3) is 10.9 Å². The molecule has 2 nitrogen and oxygen atoms in total. The number of nitrogens with zero attached hydrogens (tertiary/aromatic N) is 1. The van der Waals surface area contributed by atoms with Crippen LogP contribution in [0.15, 0.2) is 30.5 Å². The first kappa shape index (κ1) is 10.6. The minimum Gasteiger partial charge on any atom is -0.361 e. The van der Waals surface area contributed by atoms with Crippen molar-refractivity contribution in [2.75, 3.05) is 6.54 Å². The first-order valence-electron chi connectivity index (χ1n) is 7.16. The number of para-hydroxylation sites is 1. The van der Waals surface area contributed by atoms with Gasteiger partial charge in [-0.3, -0.25) is 0 Å². The zero-order valence-electron chi connectivity index (χ0n) is 10.6. The van der Waals surface area contributed by atoms with E-state index in [9.17, 15) is 0 Å². The molecular weight excluding hydrogens is 220 g/mol. The fourth-order valence-electron chi connectivity index (χ4n) is 3.66. The zero-order valence-corrected chi connectivity index (χ0v) is 10.6.